The van der Waals surface area contributed by atoms with Crippen molar-refractivity contribution < 1.29 is 4.79 Å². The number of benzene rings is 2. The molecule has 0 atom stereocenters. The maximum atomic E-state index is 12.2. The average molecular weight is 391 g/mol. The lowest BCUT2D eigenvalue weighted by Crippen LogP contribution is -2.23. The zero-order chi connectivity index (χ0) is 18.4. The molecule has 0 saturated carbocycles. The first kappa shape index (κ1) is 19.2. The first-order valence-electron chi connectivity index (χ1n) is 9.11. The third kappa shape index (κ3) is 5.47. The quantitative estimate of drug-likeness (QED) is 0.733. The third-order valence-corrected chi connectivity index (χ3v) is 5.46. The second-order valence-electron chi connectivity index (χ2n) is 6.78. The Morgan fingerprint density at radius 3 is 2.38 bits per heavy atom. The van der Waals surface area contributed by atoms with Crippen LogP contribution in [-0.4, -0.2) is 23.9 Å². The summed E-state index contributed by atoms with van der Waals surface area (Å²) in [4.78, 5) is 14.6. The maximum absolute atomic E-state index is 12.2. The summed E-state index contributed by atoms with van der Waals surface area (Å²) in [5.41, 5.74) is 3.27. The summed E-state index contributed by atoms with van der Waals surface area (Å²) >= 11 is 12.3. The Hall–Kier alpha value is -1.55. The van der Waals surface area contributed by atoms with Gasteiger partial charge in [-0.05, 0) is 61.2 Å². The van der Waals surface area contributed by atoms with E-state index in [0.717, 1.165) is 17.7 Å². The molecule has 1 heterocycles. The van der Waals surface area contributed by atoms with Gasteiger partial charge in [0.15, 0.2) is 0 Å². The van der Waals surface area contributed by atoms with Crippen LogP contribution in [0.15, 0.2) is 42.5 Å². The lowest BCUT2D eigenvalue weighted by atomic mass is 10.1. The van der Waals surface area contributed by atoms with E-state index in [1.54, 1.807) is 12.1 Å². The summed E-state index contributed by atoms with van der Waals surface area (Å²) in [6.45, 7) is 3.91. The number of carbonyl (C=O) groups excluding carboxylic acids is 1. The fourth-order valence-corrected chi connectivity index (χ4v) is 3.92. The highest BCUT2D eigenvalue weighted by Crippen LogP contribution is 2.25. The van der Waals surface area contributed by atoms with Gasteiger partial charge in [0.2, 0.25) is 5.91 Å². The molecular weight excluding hydrogens is 367 g/mol. The van der Waals surface area contributed by atoms with Gasteiger partial charge in [-0.1, -0.05) is 53.5 Å². The first-order chi connectivity index (χ1) is 12.6. The molecule has 0 bridgehead atoms. The lowest BCUT2D eigenvalue weighted by Gasteiger charge is -2.15. The standard InChI is InChI=1S/C21H24Cl2N2O/c22-19-7-4-8-20(23)18(19)9-10-21(26)24-14-16-5-3-6-17(13-16)15-25-11-1-2-12-25/h3-8,13H,1-2,9-12,14-15H2,(H,24,26). The van der Waals surface area contributed by atoms with Crippen LogP contribution >= 0.6 is 23.2 Å². The molecule has 1 aliphatic heterocycles. The van der Waals surface area contributed by atoms with Crippen molar-refractivity contribution in [2.75, 3.05) is 13.1 Å². The Morgan fingerprint density at radius 1 is 1.00 bits per heavy atom. The van der Waals surface area contributed by atoms with Gasteiger partial charge in [-0.15, -0.1) is 0 Å². The number of halogens is 2. The van der Waals surface area contributed by atoms with Gasteiger partial charge in [-0.25, -0.2) is 0 Å². The van der Waals surface area contributed by atoms with Gasteiger partial charge in [0.1, 0.15) is 0 Å². The molecule has 3 nitrogen and oxygen atoms in total. The van der Waals surface area contributed by atoms with E-state index in [1.165, 1.54) is 31.5 Å². The minimum absolute atomic E-state index is 0.00549. The van der Waals surface area contributed by atoms with E-state index in [9.17, 15) is 4.79 Å². The lowest BCUT2D eigenvalue weighted by molar-refractivity contribution is -0.121. The predicted molar refractivity (Wildman–Crippen MR) is 108 cm³/mol. The molecule has 26 heavy (non-hydrogen) atoms. The largest absolute Gasteiger partial charge is 0.352 e. The van der Waals surface area contributed by atoms with E-state index in [4.69, 9.17) is 23.2 Å². The number of nitrogens with one attached hydrogen (secondary N) is 1. The molecule has 0 radical (unpaired) electrons. The molecule has 5 heteroatoms. The zero-order valence-electron chi connectivity index (χ0n) is 14.8. The third-order valence-electron chi connectivity index (χ3n) is 4.75. The second kappa shape index (κ2) is 9.40. The molecule has 1 N–H and O–H groups in total. The maximum Gasteiger partial charge on any atom is 0.220 e. The molecule has 1 saturated heterocycles. The van der Waals surface area contributed by atoms with Gasteiger partial charge in [0.05, 0.1) is 0 Å². The Kier molecular flexibility index (Phi) is 6.95. The second-order valence-corrected chi connectivity index (χ2v) is 7.59. The average Bonchev–Trinajstić information content (AvgIpc) is 3.13. The Labute approximate surface area is 165 Å². The predicted octanol–water partition coefficient (Wildman–Crippen LogP) is 4.84. The van der Waals surface area contributed by atoms with Gasteiger partial charge in [0, 0.05) is 29.6 Å². The summed E-state index contributed by atoms with van der Waals surface area (Å²) < 4.78 is 0. The van der Waals surface area contributed by atoms with Crippen molar-refractivity contribution in [2.45, 2.75) is 38.8 Å². The van der Waals surface area contributed by atoms with Crippen LogP contribution in [0.1, 0.15) is 36.0 Å². The Morgan fingerprint density at radius 2 is 1.65 bits per heavy atom. The van der Waals surface area contributed by atoms with Crippen LogP contribution in [0.3, 0.4) is 0 Å². The van der Waals surface area contributed by atoms with Gasteiger partial charge >= 0.3 is 0 Å². The molecule has 0 aliphatic carbocycles. The number of carbonyl (C=O) groups is 1. The number of rotatable bonds is 7. The van der Waals surface area contributed by atoms with Crippen LogP contribution in [0.5, 0.6) is 0 Å². The number of hydrogen-bond acceptors (Lipinski definition) is 2. The van der Waals surface area contributed by atoms with E-state index in [2.05, 4.69) is 34.5 Å². The van der Waals surface area contributed by atoms with Crippen molar-refractivity contribution in [3.05, 3.63) is 69.2 Å². The van der Waals surface area contributed by atoms with E-state index in [0.29, 0.717) is 29.4 Å². The minimum atomic E-state index is 0.00549. The first-order valence-corrected chi connectivity index (χ1v) is 9.87. The normalized spacial score (nSPS) is 14.5. The summed E-state index contributed by atoms with van der Waals surface area (Å²) in [5.74, 6) is 0.00549. The Bertz CT molecular complexity index is 737. The molecule has 1 aliphatic rings. The molecule has 2 aromatic carbocycles. The van der Waals surface area contributed by atoms with Crippen molar-refractivity contribution in [3.8, 4) is 0 Å². The highest BCUT2D eigenvalue weighted by molar-refractivity contribution is 6.36. The minimum Gasteiger partial charge on any atom is -0.352 e. The van der Waals surface area contributed by atoms with Crippen LogP contribution in [0.2, 0.25) is 10.0 Å². The summed E-state index contributed by atoms with van der Waals surface area (Å²) in [5, 5.41) is 4.21. The molecular formula is C21H24Cl2N2O. The Balaban J connectivity index is 1.48. The highest BCUT2D eigenvalue weighted by atomic mass is 35.5. The SMILES string of the molecule is O=C(CCc1c(Cl)cccc1Cl)NCc1cccc(CN2CCCC2)c1. The molecule has 0 spiro atoms. The van der Waals surface area contributed by atoms with Gasteiger partial charge < -0.3 is 5.32 Å². The van der Waals surface area contributed by atoms with Crippen molar-refractivity contribution in [1.29, 1.82) is 0 Å². The summed E-state index contributed by atoms with van der Waals surface area (Å²) in [6, 6.07) is 13.9. The summed E-state index contributed by atoms with van der Waals surface area (Å²) in [7, 11) is 0. The number of likely N-dealkylation sites (tertiary alicyclic amines) is 1. The van der Waals surface area contributed by atoms with Crippen LogP contribution in [0.4, 0.5) is 0 Å². The molecule has 1 fully saturated rings. The van der Waals surface area contributed by atoms with Crippen molar-refractivity contribution in [1.82, 2.24) is 10.2 Å². The van der Waals surface area contributed by atoms with Crippen LogP contribution in [-0.2, 0) is 24.3 Å². The van der Waals surface area contributed by atoms with Crippen molar-refractivity contribution in [3.63, 3.8) is 0 Å². The highest BCUT2D eigenvalue weighted by Gasteiger charge is 2.12. The fourth-order valence-electron chi connectivity index (χ4n) is 3.34. The molecule has 138 valence electrons. The van der Waals surface area contributed by atoms with Gasteiger partial charge in [0.25, 0.3) is 0 Å². The molecule has 0 unspecified atom stereocenters. The van der Waals surface area contributed by atoms with Gasteiger partial charge in [-0.3, -0.25) is 9.69 Å². The molecule has 0 aromatic heterocycles. The van der Waals surface area contributed by atoms with E-state index in [1.807, 2.05) is 6.07 Å². The smallest absolute Gasteiger partial charge is 0.220 e. The topological polar surface area (TPSA) is 32.3 Å². The number of nitrogens with zero attached hydrogens (tertiary/aromatic N) is 1. The van der Waals surface area contributed by atoms with Crippen molar-refractivity contribution in [2.24, 2.45) is 0 Å². The van der Waals surface area contributed by atoms with Crippen LogP contribution in [0.25, 0.3) is 0 Å². The molecule has 3 rings (SSSR count). The van der Waals surface area contributed by atoms with E-state index >= 15 is 0 Å². The summed E-state index contributed by atoms with van der Waals surface area (Å²) in [6.07, 6.45) is 3.51. The monoisotopic (exact) mass is 390 g/mol. The zero-order valence-corrected chi connectivity index (χ0v) is 16.3. The molecule has 1 amide bonds. The van der Waals surface area contributed by atoms with Crippen LogP contribution < -0.4 is 5.32 Å². The van der Waals surface area contributed by atoms with Gasteiger partial charge in [-0.2, -0.15) is 0 Å². The number of amides is 1. The fraction of sp³-hybridized carbons (Fsp3) is 0.381. The molecule has 2 aromatic rings. The van der Waals surface area contributed by atoms with Crippen LogP contribution in [0, 0.1) is 0 Å². The van der Waals surface area contributed by atoms with E-state index in [-0.39, 0.29) is 5.91 Å². The van der Waals surface area contributed by atoms with Crippen molar-refractivity contribution >= 4 is 29.1 Å². The van der Waals surface area contributed by atoms with E-state index < -0.39 is 0 Å². The number of hydrogen-bond donors (Lipinski definition) is 1.